The first-order valence-corrected chi connectivity index (χ1v) is 6.68. The summed E-state index contributed by atoms with van der Waals surface area (Å²) < 4.78 is 0. The SMILES string of the molecule is Cc1c(Cl)cccc1C(=O)N1CCC(C)C(N)C1. The van der Waals surface area contributed by atoms with Gasteiger partial charge in [-0.3, -0.25) is 4.79 Å². The first-order valence-electron chi connectivity index (χ1n) is 6.30. The van der Waals surface area contributed by atoms with Crippen LogP contribution in [0.3, 0.4) is 0 Å². The minimum Gasteiger partial charge on any atom is -0.337 e. The van der Waals surface area contributed by atoms with Crippen molar-refractivity contribution in [1.82, 2.24) is 4.90 Å². The summed E-state index contributed by atoms with van der Waals surface area (Å²) in [6, 6.07) is 5.52. The maximum Gasteiger partial charge on any atom is 0.254 e. The zero-order chi connectivity index (χ0) is 13.3. The third kappa shape index (κ3) is 2.52. The van der Waals surface area contributed by atoms with Crippen LogP contribution in [-0.4, -0.2) is 29.9 Å². The lowest BCUT2D eigenvalue weighted by Crippen LogP contribution is -2.49. The second-order valence-corrected chi connectivity index (χ2v) is 5.50. The maximum atomic E-state index is 12.4. The highest BCUT2D eigenvalue weighted by Gasteiger charge is 2.27. The van der Waals surface area contributed by atoms with Crippen LogP contribution in [0.2, 0.25) is 5.02 Å². The molecule has 2 unspecified atom stereocenters. The number of nitrogens with zero attached hydrogens (tertiary/aromatic N) is 1. The van der Waals surface area contributed by atoms with Gasteiger partial charge in [0.1, 0.15) is 0 Å². The van der Waals surface area contributed by atoms with E-state index in [1.165, 1.54) is 0 Å². The molecule has 0 radical (unpaired) electrons. The average Bonchev–Trinajstić information content (AvgIpc) is 2.35. The van der Waals surface area contributed by atoms with Crippen LogP contribution in [0.5, 0.6) is 0 Å². The molecule has 1 aromatic rings. The van der Waals surface area contributed by atoms with Crippen molar-refractivity contribution in [3.63, 3.8) is 0 Å². The second-order valence-electron chi connectivity index (χ2n) is 5.09. The molecule has 0 aromatic heterocycles. The summed E-state index contributed by atoms with van der Waals surface area (Å²) in [5, 5.41) is 0.635. The van der Waals surface area contributed by atoms with Gasteiger partial charge in [0.15, 0.2) is 0 Å². The minimum atomic E-state index is 0.0392. The van der Waals surface area contributed by atoms with Crippen LogP contribution >= 0.6 is 11.6 Å². The van der Waals surface area contributed by atoms with E-state index in [0.717, 1.165) is 18.5 Å². The Morgan fingerprint density at radius 1 is 1.50 bits per heavy atom. The number of carbonyl (C=O) groups is 1. The quantitative estimate of drug-likeness (QED) is 0.849. The van der Waals surface area contributed by atoms with Gasteiger partial charge < -0.3 is 10.6 Å². The third-order valence-electron chi connectivity index (χ3n) is 3.80. The molecule has 1 saturated heterocycles. The van der Waals surface area contributed by atoms with Crippen molar-refractivity contribution < 1.29 is 4.79 Å². The standard InChI is InChI=1S/C14H19ClN2O/c1-9-6-7-17(8-13(9)16)14(18)11-4-3-5-12(15)10(11)2/h3-5,9,13H,6-8,16H2,1-2H3. The van der Waals surface area contributed by atoms with Crippen LogP contribution in [0.4, 0.5) is 0 Å². The summed E-state index contributed by atoms with van der Waals surface area (Å²) >= 11 is 6.05. The molecule has 18 heavy (non-hydrogen) atoms. The number of nitrogens with two attached hydrogens (primary N) is 1. The lowest BCUT2D eigenvalue weighted by atomic mass is 9.93. The van der Waals surface area contributed by atoms with Crippen molar-refractivity contribution in [2.45, 2.75) is 26.3 Å². The first-order chi connectivity index (χ1) is 8.50. The van der Waals surface area contributed by atoms with E-state index in [1.54, 1.807) is 6.07 Å². The molecule has 98 valence electrons. The van der Waals surface area contributed by atoms with E-state index in [1.807, 2.05) is 24.0 Å². The van der Waals surface area contributed by atoms with Crippen LogP contribution < -0.4 is 5.73 Å². The molecular weight excluding hydrogens is 248 g/mol. The van der Waals surface area contributed by atoms with Crippen LogP contribution in [0, 0.1) is 12.8 Å². The normalized spacial score (nSPS) is 24.1. The van der Waals surface area contributed by atoms with E-state index in [4.69, 9.17) is 17.3 Å². The highest BCUT2D eigenvalue weighted by Crippen LogP contribution is 2.22. The largest absolute Gasteiger partial charge is 0.337 e. The van der Waals surface area contributed by atoms with E-state index < -0.39 is 0 Å². The van der Waals surface area contributed by atoms with Gasteiger partial charge >= 0.3 is 0 Å². The molecule has 0 bridgehead atoms. The van der Waals surface area contributed by atoms with Crippen LogP contribution in [0.15, 0.2) is 18.2 Å². The van der Waals surface area contributed by atoms with Gasteiger partial charge in [-0.15, -0.1) is 0 Å². The third-order valence-corrected chi connectivity index (χ3v) is 4.21. The summed E-state index contributed by atoms with van der Waals surface area (Å²) in [5.74, 6) is 0.520. The molecule has 2 N–H and O–H groups in total. The zero-order valence-corrected chi connectivity index (χ0v) is 11.6. The minimum absolute atomic E-state index is 0.0392. The average molecular weight is 267 g/mol. The number of rotatable bonds is 1. The Morgan fingerprint density at radius 2 is 2.22 bits per heavy atom. The monoisotopic (exact) mass is 266 g/mol. The van der Waals surface area contributed by atoms with Crippen LogP contribution in [0.1, 0.15) is 29.3 Å². The summed E-state index contributed by atoms with van der Waals surface area (Å²) in [4.78, 5) is 14.3. The van der Waals surface area contributed by atoms with Crippen molar-refractivity contribution in [2.75, 3.05) is 13.1 Å². The number of benzene rings is 1. The fourth-order valence-corrected chi connectivity index (χ4v) is 2.47. The number of hydrogen-bond donors (Lipinski definition) is 1. The Hall–Kier alpha value is -1.06. The van der Waals surface area contributed by atoms with Crippen molar-refractivity contribution in [3.05, 3.63) is 34.3 Å². The van der Waals surface area contributed by atoms with E-state index in [-0.39, 0.29) is 11.9 Å². The molecule has 4 heteroatoms. The molecule has 0 spiro atoms. The predicted octanol–water partition coefficient (Wildman–Crippen LogP) is 2.46. The smallest absolute Gasteiger partial charge is 0.254 e. The summed E-state index contributed by atoms with van der Waals surface area (Å²) in [5.41, 5.74) is 7.56. The van der Waals surface area contributed by atoms with Gasteiger partial charge in [0, 0.05) is 29.7 Å². The van der Waals surface area contributed by atoms with E-state index in [9.17, 15) is 4.79 Å². The van der Waals surface area contributed by atoms with Gasteiger partial charge in [0.05, 0.1) is 0 Å². The highest BCUT2D eigenvalue weighted by molar-refractivity contribution is 6.31. The van der Waals surface area contributed by atoms with E-state index in [0.29, 0.717) is 23.0 Å². The molecule has 1 aliphatic heterocycles. The molecule has 1 aromatic carbocycles. The van der Waals surface area contributed by atoms with Gasteiger partial charge in [0.25, 0.3) is 5.91 Å². The molecule has 1 aliphatic rings. The molecule has 1 fully saturated rings. The van der Waals surface area contributed by atoms with Crippen molar-refractivity contribution >= 4 is 17.5 Å². The molecular formula is C14H19ClN2O. The van der Waals surface area contributed by atoms with Crippen LogP contribution in [-0.2, 0) is 0 Å². The molecule has 0 aliphatic carbocycles. The number of halogens is 1. The summed E-state index contributed by atoms with van der Waals surface area (Å²) in [6.07, 6.45) is 0.965. The first kappa shape index (κ1) is 13.4. The molecule has 3 nitrogen and oxygen atoms in total. The number of piperidine rings is 1. The van der Waals surface area contributed by atoms with Gasteiger partial charge in [0.2, 0.25) is 0 Å². The number of hydrogen-bond acceptors (Lipinski definition) is 2. The Morgan fingerprint density at radius 3 is 2.89 bits per heavy atom. The Bertz CT molecular complexity index is 461. The van der Waals surface area contributed by atoms with Crippen LogP contribution in [0.25, 0.3) is 0 Å². The van der Waals surface area contributed by atoms with Crippen molar-refractivity contribution in [1.29, 1.82) is 0 Å². The Labute approximate surface area is 113 Å². The van der Waals surface area contributed by atoms with Gasteiger partial charge in [-0.1, -0.05) is 24.6 Å². The van der Waals surface area contributed by atoms with E-state index in [2.05, 4.69) is 6.92 Å². The summed E-state index contributed by atoms with van der Waals surface area (Å²) in [6.45, 7) is 5.42. The predicted molar refractivity (Wildman–Crippen MR) is 73.8 cm³/mol. The Balaban J connectivity index is 2.19. The molecule has 1 heterocycles. The Kier molecular flexibility index (Phi) is 3.93. The second kappa shape index (κ2) is 5.29. The fourth-order valence-electron chi connectivity index (χ4n) is 2.29. The fraction of sp³-hybridized carbons (Fsp3) is 0.500. The zero-order valence-electron chi connectivity index (χ0n) is 10.8. The van der Waals surface area contributed by atoms with Crippen molar-refractivity contribution in [2.24, 2.45) is 11.7 Å². The van der Waals surface area contributed by atoms with Gasteiger partial charge in [-0.05, 0) is 37.0 Å². The molecule has 1 amide bonds. The number of likely N-dealkylation sites (tertiary alicyclic amines) is 1. The molecule has 2 atom stereocenters. The maximum absolute atomic E-state index is 12.4. The van der Waals surface area contributed by atoms with E-state index >= 15 is 0 Å². The van der Waals surface area contributed by atoms with Crippen molar-refractivity contribution in [3.8, 4) is 0 Å². The highest BCUT2D eigenvalue weighted by atomic mass is 35.5. The lowest BCUT2D eigenvalue weighted by molar-refractivity contribution is 0.0671. The summed E-state index contributed by atoms with van der Waals surface area (Å²) in [7, 11) is 0. The number of carbonyl (C=O) groups excluding carboxylic acids is 1. The molecule has 0 saturated carbocycles. The number of amides is 1. The van der Waals surface area contributed by atoms with Gasteiger partial charge in [-0.25, -0.2) is 0 Å². The molecule has 2 rings (SSSR count). The lowest BCUT2D eigenvalue weighted by Gasteiger charge is -2.35. The topological polar surface area (TPSA) is 46.3 Å². The van der Waals surface area contributed by atoms with Gasteiger partial charge in [-0.2, -0.15) is 0 Å².